The number of hydrogen-bond donors (Lipinski definition) is 6. The molecule has 4 atom stereocenters. The van der Waals surface area contributed by atoms with Crippen molar-refractivity contribution < 1.29 is 25.2 Å². The number of aliphatic hydroxyl groups is 4. The van der Waals surface area contributed by atoms with Gasteiger partial charge in [-0.15, -0.1) is 0 Å². The van der Waals surface area contributed by atoms with Crippen LogP contribution in [-0.2, 0) is 11.3 Å². The Morgan fingerprint density at radius 1 is 0.652 bits per heavy atom. The largest absolute Gasteiger partial charge is 0.374 e. The van der Waals surface area contributed by atoms with Gasteiger partial charge >= 0.3 is 0 Å². The lowest BCUT2D eigenvalue weighted by atomic mass is 10.1. The Morgan fingerprint density at radius 3 is 1.67 bits per heavy atom. The highest BCUT2D eigenvalue weighted by Crippen LogP contribution is 2.33. The van der Waals surface area contributed by atoms with E-state index in [-0.39, 0.29) is 5.91 Å². The van der Waals surface area contributed by atoms with Gasteiger partial charge in [0.2, 0.25) is 5.91 Å². The second kappa shape index (κ2) is 16.3. The molecule has 11 heteroatoms. The van der Waals surface area contributed by atoms with Crippen molar-refractivity contribution in [2.45, 2.75) is 64.3 Å². The van der Waals surface area contributed by atoms with Gasteiger partial charge in [0.05, 0.1) is 0 Å². The van der Waals surface area contributed by atoms with Gasteiger partial charge < -0.3 is 36.0 Å². The minimum Gasteiger partial charge on any atom is -0.374 e. The third-order valence-electron chi connectivity index (χ3n) is 8.89. The van der Waals surface area contributed by atoms with E-state index < -0.39 is 25.2 Å². The molecular formula is C35H48N6O5. The molecule has 248 valence electrons. The first kappa shape index (κ1) is 33.8. The van der Waals surface area contributed by atoms with E-state index >= 15 is 0 Å². The summed E-state index contributed by atoms with van der Waals surface area (Å²) in [5.74, 6) is 0.0122. The molecule has 2 heterocycles. The Balaban J connectivity index is 1.08. The molecule has 0 spiro atoms. The lowest BCUT2D eigenvalue weighted by Crippen LogP contribution is -2.48. The monoisotopic (exact) mass is 632 g/mol. The molecule has 46 heavy (non-hydrogen) atoms. The molecule has 4 unspecified atom stereocenters. The predicted molar refractivity (Wildman–Crippen MR) is 178 cm³/mol. The van der Waals surface area contributed by atoms with Crippen molar-refractivity contribution >= 4 is 17.3 Å². The van der Waals surface area contributed by atoms with Crippen molar-refractivity contribution in [1.82, 2.24) is 19.6 Å². The summed E-state index contributed by atoms with van der Waals surface area (Å²) in [7, 11) is 0. The maximum Gasteiger partial charge on any atom is 0.219 e. The highest BCUT2D eigenvalue weighted by molar-refractivity contribution is 5.73. The average molecular weight is 633 g/mol. The molecule has 2 aliphatic heterocycles. The molecule has 1 amide bonds. The Bertz CT molecular complexity index is 1400. The van der Waals surface area contributed by atoms with Crippen LogP contribution in [0, 0.1) is 0 Å². The summed E-state index contributed by atoms with van der Waals surface area (Å²) < 4.78 is 0. The number of carbonyl (C=O) groups excluding carboxylic acids is 1. The average Bonchev–Trinajstić information content (AvgIpc) is 3.05. The van der Waals surface area contributed by atoms with Crippen molar-refractivity contribution in [3.8, 4) is 0 Å². The van der Waals surface area contributed by atoms with E-state index in [0.29, 0.717) is 32.6 Å². The Morgan fingerprint density at radius 2 is 1.11 bits per heavy atom. The fraction of sp³-hybridized carbons (Fsp3) is 0.457. The Hall–Kier alpha value is -3.55. The fourth-order valence-corrected chi connectivity index (χ4v) is 6.36. The van der Waals surface area contributed by atoms with Crippen LogP contribution in [0.2, 0.25) is 0 Å². The number of aliphatic hydroxyl groups excluding tert-OH is 4. The molecule has 2 aliphatic rings. The molecule has 0 fully saturated rings. The number of unbranched alkanes of at least 4 members (excludes halogenated alkanes) is 1. The molecule has 5 rings (SSSR count). The number of nitrogens with zero attached hydrogens (tertiary/aromatic N) is 4. The van der Waals surface area contributed by atoms with Crippen molar-refractivity contribution in [3.63, 3.8) is 0 Å². The highest BCUT2D eigenvalue weighted by atomic mass is 16.3. The number of anilines is 2. The third-order valence-corrected chi connectivity index (χ3v) is 8.89. The van der Waals surface area contributed by atoms with E-state index in [4.69, 9.17) is 0 Å². The van der Waals surface area contributed by atoms with Crippen LogP contribution in [0.15, 0.2) is 78.9 Å². The molecule has 0 saturated carbocycles. The second-order valence-corrected chi connectivity index (χ2v) is 12.1. The zero-order valence-corrected chi connectivity index (χ0v) is 26.6. The predicted octanol–water partition coefficient (Wildman–Crippen LogP) is 3.29. The molecule has 0 radical (unpaired) electrons. The lowest BCUT2D eigenvalue weighted by molar-refractivity contribution is -0.129. The van der Waals surface area contributed by atoms with Gasteiger partial charge in [-0.2, -0.15) is 0 Å². The van der Waals surface area contributed by atoms with E-state index in [1.807, 2.05) is 71.6 Å². The van der Waals surface area contributed by atoms with Gasteiger partial charge in [0.25, 0.3) is 0 Å². The summed E-state index contributed by atoms with van der Waals surface area (Å²) in [6, 6.07) is 25.2. The van der Waals surface area contributed by atoms with Crippen LogP contribution in [0.4, 0.5) is 11.4 Å². The zero-order valence-electron chi connectivity index (χ0n) is 26.6. The SMILES string of the molecule is CC(=O)N(CCCCN(CCCN1C(O)Nc2ccccc2C1O)Cc1ccccc1)CCCN1C(O)Nc2ccccc2C1O. The van der Waals surface area contributed by atoms with Gasteiger partial charge in [0.1, 0.15) is 12.5 Å². The number of nitrogens with one attached hydrogen (secondary N) is 2. The number of benzene rings is 3. The van der Waals surface area contributed by atoms with E-state index in [9.17, 15) is 25.2 Å². The van der Waals surface area contributed by atoms with Crippen LogP contribution < -0.4 is 10.6 Å². The van der Waals surface area contributed by atoms with E-state index in [1.54, 1.807) is 16.7 Å². The van der Waals surface area contributed by atoms with Gasteiger partial charge in [-0.25, -0.2) is 9.80 Å². The molecule has 3 aromatic carbocycles. The standard InChI is InChI=1S/C35H48N6O5/c1-26(42)39(22-12-24-41-33(44)29-16-6-8-18-31(29)37-35(41)46)21-10-9-19-38(25-27-13-3-2-4-14-27)20-11-23-40-32(43)28-15-5-7-17-30(28)36-34(40)45/h2-8,13-18,32-37,43-46H,9-12,19-25H2,1H3. The van der Waals surface area contributed by atoms with Crippen LogP contribution in [0.5, 0.6) is 0 Å². The number of para-hydroxylation sites is 2. The van der Waals surface area contributed by atoms with Crippen molar-refractivity contribution in [2.24, 2.45) is 0 Å². The molecule has 0 aliphatic carbocycles. The Kier molecular flexibility index (Phi) is 12.0. The van der Waals surface area contributed by atoms with Gasteiger partial charge in [-0.3, -0.25) is 9.69 Å². The maximum atomic E-state index is 12.4. The van der Waals surface area contributed by atoms with E-state index in [1.165, 1.54) is 5.56 Å². The first-order valence-electron chi connectivity index (χ1n) is 16.3. The van der Waals surface area contributed by atoms with Gasteiger partial charge in [0.15, 0.2) is 12.7 Å². The van der Waals surface area contributed by atoms with Crippen LogP contribution in [0.3, 0.4) is 0 Å². The van der Waals surface area contributed by atoms with E-state index in [0.717, 1.165) is 61.4 Å². The number of hydrogen-bond acceptors (Lipinski definition) is 10. The van der Waals surface area contributed by atoms with Gasteiger partial charge in [-0.1, -0.05) is 66.7 Å². The summed E-state index contributed by atoms with van der Waals surface area (Å²) >= 11 is 0. The number of fused-ring (bicyclic) bond motifs is 2. The molecule has 0 saturated heterocycles. The topological polar surface area (TPSA) is 135 Å². The zero-order chi connectivity index (χ0) is 32.5. The number of carbonyl (C=O) groups is 1. The van der Waals surface area contributed by atoms with Gasteiger partial charge in [0, 0.05) is 62.1 Å². The van der Waals surface area contributed by atoms with Crippen LogP contribution in [0.25, 0.3) is 0 Å². The molecule has 6 N–H and O–H groups in total. The normalized spacial score (nSPS) is 21.3. The first-order valence-corrected chi connectivity index (χ1v) is 16.3. The molecular weight excluding hydrogens is 584 g/mol. The lowest BCUT2D eigenvalue weighted by Gasteiger charge is -2.39. The van der Waals surface area contributed by atoms with Crippen molar-refractivity contribution in [2.75, 3.05) is 49.9 Å². The third kappa shape index (κ3) is 8.62. The number of rotatable bonds is 15. The second-order valence-electron chi connectivity index (χ2n) is 12.1. The van der Waals surface area contributed by atoms with Crippen molar-refractivity contribution in [3.05, 3.63) is 95.6 Å². The fourth-order valence-electron chi connectivity index (χ4n) is 6.36. The molecule has 11 nitrogen and oxygen atoms in total. The Labute approximate surface area is 271 Å². The maximum absolute atomic E-state index is 12.4. The smallest absolute Gasteiger partial charge is 0.219 e. The summed E-state index contributed by atoms with van der Waals surface area (Å²) in [4.78, 5) is 19.9. The van der Waals surface area contributed by atoms with Crippen LogP contribution in [-0.4, -0.2) is 97.9 Å². The summed E-state index contributed by atoms with van der Waals surface area (Å²) in [6.07, 6.45) is -0.616. The van der Waals surface area contributed by atoms with Crippen LogP contribution in [0.1, 0.15) is 61.8 Å². The molecule has 3 aromatic rings. The highest BCUT2D eigenvalue weighted by Gasteiger charge is 2.32. The minimum absolute atomic E-state index is 0.0122. The van der Waals surface area contributed by atoms with Crippen molar-refractivity contribution in [1.29, 1.82) is 0 Å². The van der Waals surface area contributed by atoms with E-state index in [2.05, 4.69) is 27.7 Å². The quantitative estimate of drug-likeness (QED) is 0.139. The summed E-state index contributed by atoms with van der Waals surface area (Å²) in [5, 5.41) is 49.0. The molecule has 0 bridgehead atoms. The van der Waals surface area contributed by atoms with Gasteiger partial charge in [-0.05, 0) is 56.5 Å². The summed E-state index contributed by atoms with van der Waals surface area (Å²) in [5.41, 5.74) is 4.17. The summed E-state index contributed by atoms with van der Waals surface area (Å²) in [6.45, 7) is 6.15. The first-order chi connectivity index (χ1) is 22.3. The van der Waals surface area contributed by atoms with Crippen LogP contribution >= 0.6 is 0 Å². The number of amides is 1. The molecule has 0 aromatic heterocycles. The minimum atomic E-state index is -1.00.